The number of hydrogen-bond acceptors (Lipinski definition) is 1. The number of amides is 1. The molecule has 0 heterocycles. The molecule has 2 rings (SSSR count). The summed E-state index contributed by atoms with van der Waals surface area (Å²) in [6.07, 6.45) is 4.60. The quantitative estimate of drug-likeness (QED) is 0.665. The fraction of sp³-hybridized carbons (Fsp3) is 0.417. The first-order valence-electron chi connectivity index (χ1n) is 5.15. The molecule has 1 amide bonds. The van der Waals surface area contributed by atoms with Crippen LogP contribution >= 0.6 is 0 Å². The minimum absolute atomic E-state index is 0.493. The fourth-order valence-electron chi connectivity index (χ4n) is 1.77. The lowest BCUT2D eigenvalue weighted by atomic mass is 9.91. The predicted molar refractivity (Wildman–Crippen MR) is 55.7 cm³/mol. The molecule has 0 aromatic heterocycles. The largest absolute Gasteiger partial charge is 0.338 e. The van der Waals surface area contributed by atoms with Crippen LogP contribution in [0.15, 0.2) is 30.3 Å². The number of hydrogen-bond donors (Lipinski definition) is 0. The van der Waals surface area contributed by atoms with Crippen molar-refractivity contribution in [1.29, 1.82) is 0 Å². The Labute approximate surface area is 84.5 Å². The number of carbonyl (C=O) groups excluding carboxylic acids is 1. The molecule has 0 bridgehead atoms. The first kappa shape index (κ1) is 9.25. The Kier molecular flexibility index (Phi) is 2.82. The van der Waals surface area contributed by atoms with E-state index in [1.54, 1.807) is 0 Å². The van der Waals surface area contributed by atoms with Crippen LogP contribution in [0.25, 0.3) is 0 Å². The van der Waals surface area contributed by atoms with Gasteiger partial charge in [-0.3, -0.25) is 4.79 Å². The summed E-state index contributed by atoms with van der Waals surface area (Å²) in [6, 6.07) is 10.6. The molecule has 14 heavy (non-hydrogen) atoms. The third-order valence-electron chi connectivity index (χ3n) is 2.89. The molecule has 0 unspecified atom stereocenters. The Morgan fingerprint density at radius 2 is 2.00 bits per heavy atom. The minimum Gasteiger partial charge on any atom is -0.338 e. The Bertz CT molecular complexity index is 292. The van der Waals surface area contributed by atoms with Crippen LogP contribution in [0, 0.1) is 0 Å². The van der Waals surface area contributed by atoms with E-state index < -0.39 is 0 Å². The number of rotatable bonds is 4. The van der Waals surface area contributed by atoms with Gasteiger partial charge in [0.15, 0.2) is 0 Å². The predicted octanol–water partition coefficient (Wildman–Crippen LogP) is 2.20. The molecule has 1 fully saturated rings. The van der Waals surface area contributed by atoms with Crippen LogP contribution in [-0.4, -0.2) is 17.4 Å². The second kappa shape index (κ2) is 4.27. The van der Waals surface area contributed by atoms with Crippen LogP contribution in [0.4, 0.5) is 0 Å². The van der Waals surface area contributed by atoms with Gasteiger partial charge in [-0.1, -0.05) is 30.3 Å². The zero-order chi connectivity index (χ0) is 9.80. The first-order valence-corrected chi connectivity index (χ1v) is 5.15. The average Bonchev–Trinajstić information content (AvgIpc) is 2.15. The molecular weight excluding hydrogens is 174 g/mol. The van der Waals surface area contributed by atoms with E-state index in [9.17, 15) is 4.79 Å². The Hall–Kier alpha value is -1.31. The van der Waals surface area contributed by atoms with Crippen molar-refractivity contribution in [1.82, 2.24) is 4.90 Å². The lowest BCUT2D eigenvalue weighted by Gasteiger charge is -2.34. The van der Waals surface area contributed by atoms with Gasteiger partial charge in [-0.15, -0.1) is 0 Å². The van der Waals surface area contributed by atoms with Crippen LogP contribution in [-0.2, 0) is 11.3 Å². The molecule has 2 heteroatoms. The summed E-state index contributed by atoms with van der Waals surface area (Å²) in [7, 11) is 0. The molecule has 0 N–H and O–H groups in total. The molecule has 0 spiro atoms. The van der Waals surface area contributed by atoms with Crippen LogP contribution in [0.1, 0.15) is 24.8 Å². The molecule has 2 nitrogen and oxygen atoms in total. The van der Waals surface area contributed by atoms with E-state index in [1.807, 2.05) is 23.1 Å². The lowest BCUT2D eigenvalue weighted by Crippen LogP contribution is -2.38. The van der Waals surface area contributed by atoms with Crippen molar-refractivity contribution in [2.75, 3.05) is 0 Å². The molecule has 0 saturated heterocycles. The molecule has 0 aliphatic heterocycles. The summed E-state index contributed by atoms with van der Waals surface area (Å²) in [5, 5.41) is 0. The van der Waals surface area contributed by atoms with E-state index >= 15 is 0 Å². The van der Waals surface area contributed by atoms with E-state index in [2.05, 4.69) is 12.1 Å². The topological polar surface area (TPSA) is 20.3 Å². The number of benzene rings is 1. The van der Waals surface area contributed by atoms with Gasteiger partial charge < -0.3 is 4.90 Å². The van der Waals surface area contributed by atoms with Crippen LogP contribution < -0.4 is 0 Å². The van der Waals surface area contributed by atoms with Crippen molar-refractivity contribution in [2.45, 2.75) is 31.8 Å². The summed E-state index contributed by atoms with van der Waals surface area (Å²) >= 11 is 0. The molecule has 74 valence electrons. The fourth-order valence-corrected chi connectivity index (χ4v) is 1.77. The Balaban J connectivity index is 1.97. The standard InChI is InChI=1S/C12H15NO/c14-10-13(12-7-4-8-12)9-11-5-2-1-3-6-11/h1-3,5-6,10,12H,4,7-9H2. The summed E-state index contributed by atoms with van der Waals surface area (Å²) in [4.78, 5) is 12.8. The normalized spacial score (nSPS) is 16.0. The van der Waals surface area contributed by atoms with Crippen molar-refractivity contribution in [2.24, 2.45) is 0 Å². The van der Waals surface area contributed by atoms with Crippen LogP contribution in [0.3, 0.4) is 0 Å². The highest BCUT2D eigenvalue weighted by Crippen LogP contribution is 2.24. The second-order valence-electron chi connectivity index (χ2n) is 3.85. The molecule has 1 aromatic rings. The maximum atomic E-state index is 10.9. The third-order valence-corrected chi connectivity index (χ3v) is 2.89. The van der Waals surface area contributed by atoms with Crippen molar-refractivity contribution in [3.63, 3.8) is 0 Å². The third kappa shape index (κ3) is 1.95. The monoisotopic (exact) mass is 189 g/mol. The molecule has 1 saturated carbocycles. The van der Waals surface area contributed by atoms with E-state index in [0.29, 0.717) is 6.04 Å². The zero-order valence-electron chi connectivity index (χ0n) is 8.23. The molecule has 1 aromatic carbocycles. The zero-order valence-corrected chi connectivity index (χ0v) is 8.23. The van der Waals surface area contributed by atoms with Crippen LogP contribution in [0.5, 0.6) is 0 Å². The van der Waals surface area contributed by atoms with Gasteiger partial charge in [0, 0.05) is 12.6 Å². The van der Waals surface area contributed by atoms with Gasteiger partial charge in [0.25, 0.3) is 0 Å². The molecule has 1 aliphatic carbocycles. The second-order valence-corrected chi connectivity index (χ2v) is 3.85. The maximum Gasteiger partial charge on any atom is 0.210 e. The highest BCUT2D eigenvalue weighted by Gasteiger charge is 2.23. The van der Waals surface area contributed by atoms with Gasteiger partial charge in [0.05, 0.1) is 0 Å². The smallest absolute Gasteiger partial charge is 0.210 e. The van der Waals surface area contributed by atoms with Gasteiger partial charge in [0.2, 0.25) is 6.41 Å². The average molecular weight is 189 g/mol. The van der Waals surface area contributed by atoms with Crippen molar-refractivity contribution in [3.05, 3.63) is 35.9 Å². The highest BCUT2D eigenvalue weighted by atomic mass is 16.1. The Morgan fingerprint density at radius 3 is 2.50 bits per heavy atom. The Morgan fingerprint density at radius 1 is 1.29 bits per heavy atom. The van der Waals surface area contributed by atoms with Crippen molar-refractivity contribution >= 4 is 6.41 Å². The van der Waals surface area contributed by atoms with Gasteiger partial charge in [-0.25, -0.2) is 0 Å². The number of carbonyl (C=O) groups is 1. The van der Waals surface area contributed by atoms with Gasteiger partial charge in [-0.2, -0.15) is 0 Å². The highest BCUT2D eigenvalue weighted by molar-refractivity contribution is 5.48. The van der Waals surface area contributed by atoms with Gasteiger partial charge in [0.1, 0.15) is 0 Å². The molecule has 0 radical (unpaired) electrons. The molecule has 1 aliphatic rings. The molecule has 0 atom stereocenters. The number of nitrogens with zero attached hydrogens (tertiary/aromatic N) is 1. The first-order chi connectivity index (χ1) is 6.90. The van der Waals surface area contributed by atoms with E-state index in [1.165, 1.54) is 24.8 Å². The van der Waals surface area contributed by atoms with E-state index in [0.717, 1.165) is 13.0 Å². The lowest BCUT2D eigenvalue weighted by molar-refractivity contribution is -0.122. The van der Waals surface area contributed by atoms with Crippen LogP contribution in [0.2, 0.25) is 0 Å². The van der Waals surface area contributed by atoms with Crippen molar-refractivity contribution in [3.8, 4) is 0 Å². The van der Waals surface area contributed by atoms with E-state index in [4.69, 9.17) is 0 Å². The summed E-state index contributed by atoms with van der Waals surface area (Å²) in [6.45, 7) is 0.759. The van der Waals surface area contributed by atoms with Crippen molar-refractivity contribution < 1.29 is 4.79 Å². The van der Waals surface area contributed by atoms with Gasteiger partial charge >= 0.3 is 0 Å². The summed E-state index contributed by atoms with van der Waals surface area (Å²) in [5.41, 5.74) is 1.21. The maximum absolute atomic E-state index is 10.9. The summed E-state index contributed by atoms with van der Waals surface area (Å²) < 4.78 is 0. The molecular formula is C12H15NO. The van der Waals surface area contributed by atoms with E-state index in [-0.39, 0.29) is 0 Å². The summed E-state index contributed by atoms with van der Waals surface area (Å²) in [5.74, 6) is 0. The SMILES string of the molecule is O=CN(Cc1ccccc1)C1CCC1. The minimum atomic E-state index is 0.493. The van der Waals surface area contributed by atoms with Gasteiger partial charge in [-0.05, 0) is 24.8 Å².